The summed E-state index contributed by atoms with van der Waals surface area (Å²) in [5, 5.41) is 15.5. The van der Waals surface area contributed by atoms with Gasteiger partial charge in [-0.15, -0.1) is 0 Å². The van der Waals surface area contributed by atoms with Crippen molar-refractivity contribution in [2.75, 3.05) is 26.2 Å². The van der Waals surface area contributed by atoms with Crippen LogP contribution in [0.2, 0.25) is 0 Å². The Labute approximate surface area is 144 Å². The van der Waals surface area contributed by atoms with E-state index in [4.69, 9.17) is 4.42 Å². The predicted molar refractivity (Wildman–Crippen MR) is 93.7 cm³/mol. The summed E-state index contributed by atoms with van der Waals surface area (Å²) >= 11 is 0. The molecular weight excluding hydrogens is 306 g/mol. The highest BCUT2D eigenvalue weighted by Crippen LogP contribution is 2.21. The zero-order chi connectivity index (χ0) is 17.5. The molecule has 1 fully saturated rings. The second kappa shape index (κ2) is 9.08. The molecule has 136 valence electrons. The van der Waals surface area contributed by atoms with Crippen molar-refractivity contribution in [3.05, 3.63) is 24.2 Å². The van der Waals surface area contributed by atoms with Crippen LogP contribution in [0.4, 0.5) is 4.79 Å². The van der Waals surface area contributed by atoms with E-state index in [1.807, 2.05) is 0 Å². The fourth-order valence-corrected chi connectivity index (χ4v) is 3.18. The highest BCUT2D eigenvalue weighted by atomic mass is 16.4. The van der Waals surface area contributed by atoms with Gasteiger partial charge in [0.1, 0.15) is 11.9 Å². The summed E-state index contributed by atoms with van der Waals surface area (Å²) in [6.45, 7) is 9.65. The lowest BCUT2D eigenvalue weighted by molar-refractivity contribution is 0.107. The van der Waals surface area contributed by atoms with E-state index in [0.717, 1.165) is 19.0 Å². The van der Waals surface area contributed by atoms with Gasteiger partial charge in [-0.05, 0) is 49.9 Å². The minimum absolute atomic E-state index is 0.132. The van der Waals surface area contributed by atoms with E-state index < -0.39 is 6.10 Å². The van der Waals surface area contributed by atoms with Crippen LogP contribution in [0, 0.1) is 11.8 Å². The minimum atomic E-state index is -0.824. The summed E-state index contributed by atoms with van der Waals surface area (Å²) in [6, 6.07) is 3.50. The molecule has 0 radical (unpaired) electrons. The Morgan fingerprint density at radius 1 is 1.33 bits per heavy atom. The third-order valence-corrected chi connectivity index (χ3v) is 4.86. The number of urea groups is 1. The van der Waals surface area contributed by atoms with E-state index in [-0.39, 0.29) is 12.6 Å². The Balaban J connectivity index is 1.74. The lowest BCUT2D eigenvalue weighted by atomic mass is 9.94. The van der Waals surface area contributed by atoms with Gasteiger partial charge in [0.25, 0.3) is 0 Å². The Bertz CT molecular complexity index is 482. The minimum Gasteiger partial charge on any atom is -0.467 e. The van der Waals surface area contributed by atoms with E-state index in [0.29, 0.717) is 24.3 Å². The first-order valence-electron chi connectivity index (χ1n) is 8.94. The number of nitrogens with zero attached hydrogens (tertiary/aromatic N) is 1. The number of piperidine rings is 1. The van der Waals surface area contributed by atoms with Crippen LogP contribution in [0.5, 0.6) is 0 Å². The van der Waals surface area contributed by atoms with Gasteiger partial charge in [-0.2, -0.15) is 0 Å². The maximum atomic E-state index is 12.0. The maximum absolute atomic E-state index is 12.0. The molecular formula is C18H31N3O3. The maximum Gasteiger partial charge on any atom is 0.314 e. The average Bonchev–Trinajstić information content (AvgIpc) is 3.08. The molecule has 2 heterocycles. The summed E-state index contributed by atoms with van der Waals surface area (Å²) in [5.74, 6) is 1.73. The fourth-order valence-electron chi connectivity index (χ4n) is 3.18. The summed E-state index contributed by atoms with van der Waals surface area (Å²) in [7, 11) is 0. The van der Waals surface area contributed by atoms with Gasteiger partial charge in [-0.1, -0.05) is 20.8 Å². The molecule has 0 aliphatic carbocycles. The molecule has 0 spiro atoms. The van der Waals surface area contributed by atoms with Gasteiger partial charge in [-0.3, -0.25) is 4.90 Å². The molecule has 0 aromatic carbocycles. The molecule has 1 saturated heterocycles. The lowest BCUT2D eigenvalue weighted by Gasteiger charge is -2.38. The average molecular weight is 337 g/mol. The summed E-state index contributed by atoms with van der Waals surface area (Å²) in [6.07, 6.45) is 3.14. The van der Waals surface area contributed by atoms with E-state index in [1.165, 1.54) is 19.1 Å². The van der Waals surface area contributed by atoms with Crippen molar-refractivity contribution in [2.45, 2.75) is 45.8 Å². The van der Waals surface area contributed by atoms with Gasteiger partial charge in [0.2, 0.25) is 0 Å². The summed E-state index contributed by atoms with van der Waals surface area (Å²) in [4.78, 5) is 14.5. The molecule has 2 amide bonds. The number of aliphatic hydroxyl groups is 1. The van der Waals surface area contributed by atoms with Crippen molar-refractivity contribution in [3.8, 4) is 0 Å². The number of carbonyl (C=O) groups is 1. The Morgan fingerprint density at radius 3 is 2.58 bits per heavy atom. The number of likely N-dealkylation sites (tertiary alicyclic amines) is 1. The van der Waals surface area contributed by atoms with Gasteiger partial charge in [-0.25, -0.2) is 4.79 Å². The number of carbonyl (C=O) groups excluding carboxylic acids is 1. The molecule has 6 heteroatoms. The van der Waals surface area contributed by atoms with E-state index in [2.05, 4.69) is 36.3 Å². The third kappa shape index (κ3) is 5.53. The Morgan fingerprint density at radius 2 is 2.00 bits per heavy atom. The summed E-state index contributed by atoms with van der Waals surface area (Å²) in [5.41, 5.74) is 0. The van der Waals surface area contributed by atoms with Gasteiger partial charge in [0.05, 0.1) is 12.8 Å². The number of nitrogens with one attached hydrogen (secondary N) is 2. The first kappa shape index (κ1) is 18.8. The molecule has 1 aliphatic rings. The molecule has 1 aliphatic heterocycles. The Kier molecular flexibility index (Phi) is 7.12. The SMILES string of the molecule is CC1CCN(C(CNC(=O)NCC(O)c2ccco2)C(C)C)CC1. The first-order valence-corrected chi connectivity index (χ1v) is 8.94. The first-order chi connectivity index (χ1) is 11.5. The van der Waals surface area contributed by atoms with Crippen molar-refractivity contribution in [3.63, 3.8) is 0 Å². The zero-order valence-corrected chi connectivity index (χ0v) is 15.0. The van der Waals surface area contributed by atoms with Gasteiger partial charge < -0.3 is 20.2 Å². The topological polar surface area (TPSA) is 77.7 Å². The van der Waals surface area contributed by atoms with Crippen LogP contribution in [-0.4, -0.2) is 48.3 Å². The van der Waals surface area contributed by atoms with Crippen molar-refractivity contribution in [1.82, 2.24) is 15.5 Å². The number of hydrogen-bond donors (Lipinski definition) is 3. The largest absolute Gasteiger partial charge is 0.467 e. The van der Waals surface area contributed by atoms with Gasteiger partial charge in [0.15, 0.2) is 0 Å². The number of aliphatic hydroxyl groups excluding tert-OH is 1. The van der Waals surface area contributed by atoms with Crippen molar-refractivity contribution in [2.24, 2.45) is 11.8 Å². The van der Waals surface area contributed by atoms with E-state index in [1.54, 1.807) is 12.1 Å². The van der Waals surface area contributed by atoms with Crippen molar-refractivity contribution < 1.29 is 14.3 Å². The second-order valence-electron chi connectivity index (χ2n) is 7.15. The standard InChI is InChI=1S/C18H31N3O3/c1-13(2)15(21-8-6-14(3)7-9-21)11-19-18(23)20-12-16(22)17-5-4-10-24-17/h4-5,10,13-16,22H,6-9,11-12H2,1-3H3,(H2,19,20,23). The fraction of sp³-hybridized carbons (Fsp3) is 0.722. The molecule has 2 unspecified atom stereocenters. The van der Waals surface area contributed by atoms with Crippen molar-refractivity contribution >= 4 is 6.03 Å². The smallest absolute Gasteiger partial charge is 0.314 e. The van der Waals surface area contributed by atoms with Gasteiger partial charge >= 0.3 is 6.03 Å². The highest BCUT2D eigenvalue weighted by molar-refractivity contribution is 5.73. The second-order valence-corrected chi connectivity index (χ2v) is 7.15. The van der Waals surface area contributed by atoms with Crippen LogP contribution >= 0.6 is 0 Å². The van der Waals surface area contributed by atoms with Crippen LogP contribution in [0.15, 0.2) is 22.8 Å². The number of amides is 2. The van der Waals surface area contributed by atoms with Crippen LogP contribution in [0.1, 0.15) is 45.5 Å². The zero-order valence-electron chi connectivity index (χ0n) is 15.0. The molecule has 6 nitrogen and oxygen atoms in total. The van der Waals surface area contributed by atoms with E-state index in [9.17, 15) is 9.90 Å². The van der Waals surface area contributed by atoms with Crippen LogP contribution in [0.25, 0.3) is 0 Å². The quantitative estimate of drug-likeness (QED) is 0.714. The predicted octanol–water partition coefficient (Wildman–Crippen LogP) is 2.37. The Hall–Kier alpha value is -1.53. The molecule has 1 aromatic rings. The number of rotatable bonds is 7. The molecule has 0 bridgehead atoms. The van der Waals surface area contributed by atoms with Crippen LogP contribution in [-0.2, 0) is 0 Å². The van der Waals surface area contributed by atoms with Crippen LogP contribution in [0.3, 0.4) is 0 Å². The monoisotopic (exact) mass is 337 g/mol. The molecule has 2 rings (SSSR count). The van der Waals surface area contributed by atoms with Gasteiger partial charge in [0, 0.05) is 12.6 Å². The normalized spacial score (nSPS) is 19.2. The van der Waals surface area contributed by atoms with E-state index >= 15 is 0 Å². The third-order valence-electron chi connectivity index (χ3n) is 4.86. The highest BCUT2D eigenvalue weighted by Gasteiger charge is 2.26. The molecule has 2 atom stereocenters. The number of furan rings is 1. The van der Waals surface area contributed by atoms with Crippen LogP contribution < -0.4 is 10.6 Å². The molecule has 3 N–H and O–H groups in total. The lowest BCUT2D eigenvalue weighted by Crippen LogP contribution is -2.51. The van der Waals surface area contributed by atoms with Crippen molar-refractivity contribution in [1.29, 1.82) is 0 Å². The summed E-state index contributed by atoms with van der Waals surface area (Å²) < 4.78 is 5.12. The molecule has 1 aromatic heterocycles. The number of hydrogen-bond acceptors (Lipinski definition) is 4. The molecule has 24 heavy (non-hydrogen) atoms. The molecule has 0 saturated carbocycles.